The summed E-state index contributed by atoms with van der Waals surface area (Å²) < 4.78 is 22.3. The highest BCUT2D eigenvalue weighted by Crippen LogP contribution is 2.26. The zero-order chi connectivity index (χ0) is 42.1. The van der Waals surface area contributed by atoms with Crippen molar-refractivity contribution in [2.75, 3.05) is 59.5 Å². The molecule has 0 fully saturated rings. The van der Waals surface area contributed by atoms with E-state index in [1.165, 1.54) is 164 Å². The quantitative estimate of drug-likeness (QED) is 0.0339. The molecule has 2 aromatic rings. The lowest BCUT2D eigenvalue weighted by atomic mass is 10.0. The Balaban J connectivity index is 0.000000823. The number of phosphoric acid groups is 1. The van der Waals surface area contributed by atoms with Crippen LogP contribution in [0.3, 0.4) is 0 Å². The van der Waals surface area contributed by atoms with E-state index in [9.17, 15) is 14.4 Å². The second-order valence-electron chi connectivity index (χ2n) is 16.2. The maximum absolute atomic E-state index is 10.3. The largest absolute Gasteiger partial charge is 0.778 e. The molecule has 326 valence electrons. The molecule has 2 rings (SSSR count). The first-order chi connectivity index (χ1) is 26.9. The van der Waals surface area contributed by atoms with Crippen LogP contribution in [0.4, 0.5) is 0 Å². The van der Waals surface area contributed by atoms with Gasteiger partial charge in [0, 0.05) is 0 Å². The number of nitrogens with zero attached hydrogens (tertiary/aromatic N) is 3. The monoisotopic (exact) mass is 806 g/mol. The zero-order valence-electron chi connectivity index (χ0n) is 38.2. The van der Waals surface area contributed by atoms with Crippen molar-refractivity contribution in [1.82, 2.24) is 0 Å². The second-order valence-corrected chi connectivity index (χ2v) is 17.3. The predicted octanol–water partition coefficient (Wildman–Crippen LogP) is 12.0. The molecule has 56 heavy (non-hydrogen) atoms. The molecule has 0 heterocycles. The molecule has 0 amide bonds. The first-order valence-electron chi connectivity index (χ1n) is 22.9. The lowest BCUT2D eigenvalue weighted by Gasteiger charge is -2.39. The van der Waals surface area contributed by atoms with Gasteiger partial charge in [0.1, 0.15) is 13.6 Å². The fraction of sp³-hybridized carbons (Fsp3) is 0.766. The number of fused-ring (bicyclic) bond motifs is 1. The molecule has 0 aromatic heterocycles. The number of unbranched alkanes of at least 4 members (excludes halogenated alkanes) is 8. The van der Waals surface area contributed by atoms with Crippen molar-refractivity contribution < 1.29 is 32.7 Å². The molecule has 8 nitrogen and oxygen atoms in total. The van der Waals surface area contributed by atoms with Crippen LogP contribution >= 0.6 is 7.82 Å². The van der Waals surface area contributed by atoms with Crippen molar-refractivity contribution in [2.45, 2.75) is 178 Å². The Morgan fingerprint density at radius 3 is 1.23 bits per heavy atom. The number of benzene rings is 2. The summed E-state index contributed by atoms with van der Waals surface area (Å²) in [5, 5.41) is 5.48. The van der Waals surface area contributed by atoms with E-state index in [4.69, 9.17) is 4.74 Å². The molecule has 0 aliphatic heterocycles. The Labute approximate surface area is 346 Å². The highest BCUT2D eigenvalue weighted by atomic mass is 31.2. The number of aryl methyl sites for hydroxylation is 1. The average Bonchev–Trinajstić information content (AvgIpc) is 3.21. The van der Waals surface area contributed by atoms with Crippen molar-refractivity contribution in [1.29, 1.82) is 0 Å². The third-order valence-electron chi connectivity index (χ3n) is 11.1. The van der Waals surface area contributed by atoms with E-state index >= 15 is 0 Å². The minimum absolute atomic E-state index is 0.446. The van der Waals surface area contributed by atoms with Gasteiger partial charge >= 0.3 is 0 Å². The SMILES string of the molecule is CCCC[N+](CCCC)(CCCC)CCCC.CCCC[N+](CCCC)(CCCC)CCCC.COc1ccc2cc(CC/C(C)=N/OP(=O)([O-])[O-])ccc2c1. The van der Waals surface area contributed by atoms with Gasteiger partial charge in [-0.2, -0.15) is 0 Å². The van der Waals surface area contributed by atoms with Gasteiger partial charge in [-0.15, -0.1) is 0 Å². The Hall–Kier alpha value is -1.96. The van der Waals surface area contributed by atoms with Crippen LogP contribution in [-0.4, -0.2) is 74.1 Å². The van der Waals surface area contributed by atoms with Crippen LogP contribution in [0.1, 0.15) is 177 Å². The van der Waals surface area contributed by atoms with Gasteiger partial charge in [0.2, 0.25) is 0 Å². The van der Waals surface area contributed by atoms with Gasteiger partial charge in [-0.05, 0) is 99.6 Å². The van der Waals surface area contributed by atoms with E-state index < -0.39 is 7.82 Å². The average molecular weight is 806 g/mol. The van der Waals surface area contributed by atoms with Gasteiger partial charge in [-0.1, -0.05) is 136 Å². The van der Waals surface area contributed by atoms with Crippen LogP contribution in [0.5, 0.6) is 5.75 Å². The summed E-state index contributed by atoms with van der Waals surface area (Å²) >= 11 is 0. The van der Waals surface area contributed by atoms with Crippen LogP contribution in [0.15, 0.2) is 41.6 Å². The molecule has 0 aliphatic carbocycles. The summed E-state index contributed by atoms with van der Waals surface area (Å²) in [5.74, 6) is 0.806. The van der Waals surface area contributed by atoms with Crippen molar-refractivity contribution >= 4 is 24.3 Å². The molecule has 0 spiro atoms. The summed E-state index contributed by atoms with van der Waals surface area (Å²) in [6, 6.07) is 11.9. The Bertz CT molecular complexity index is 1200. The number of hydrogen-bond donors (Lipinski definition) is 0. The summed E-state index contributed by atoms with van der Waals surface area (Å²) in [6.45, 7) is 31.6. The third kappa shape index (κ3) is 25.4. The van der Waals surface area contributed by atoms with Crippen LogP contribution in [0, 0.1) is 0 Å². The Morgan fingerprint density at radius 1 is 0.571 bits per heavy atom. The van der Waals surface area contributed by atoms with E-state index in [0.717, 1.165) is 22.1 Å². The Kier molecular flexibility index (Phi) is 31.8. The van der Waals surface area contributed by atoms with E-state index in [2.05, 4.69) is 71.2 Å². The number of hydrogen-bond acceptors (Lipinski definition) is 6. The van der Waals surface area contributed by atoms with Crippen LogP contribution < -0.4 is 14.5 Å². The highest BCUT2D eigenvalue weighted by Gasteiger charge is 2.25. The fourth-order valence-electron chi connectivity index (χ4n) is 7.34. The van der Waals surface area contributed by atoms with Crippen molar-refractivity contribution in [3.63, 3.8) is 0 Å². The lowest BCUT2D eigenvalue weighted by Crippen LogP contribution is -2.50. The molecule has 0 unspecified atom stereocenters. The number of quaternary nitrogens is 2. The highest BCUT2D eigenvalue weighted by molar-refractivity contribution is 7.43. The van der Waals surface area contributed by atoms with Gasteiger partial charge in [0.25, 0.3) is 0 Å². The van der Waals surface area contributed by atoms with Crippen molar-refractivity contribution in [3.05, 3.63) is 42.0 Å². The number of oxime groups is 1. The summed E-state index contributed by atoms with van der Waals surface area (Å²) in [4.78, 5) is 20.7. The van der Waals surface area contributed by atoms with Crippen LogP contribution in [0.25, 0.3) is 10.8 Å². The fourth-order valence-corrected chi connectivity index (χ4v) is 7.58. The van der Waals surface area contributed by atoms with Gasteiger partial charge in [0.15, 0.2) is 0 Å². The first kappa shape index (κ1) is 54.0. The van der Waals surface area contributed by atoms with E-state index in [-0.39, 0.29) is 0 Å². The van der Waals surface area contributed by atoms with Crippen LogP contribution in [-0.2, 0) is 15.6 Å². The van der Waals surface area contributed by atoms with E-state index in [1.807, 2.05) is 30.3 Å². The van der Waals surface area contributed by atoms with E-state index in [0.29, 0.717) is 18.6 Å². The lowest BCUT2D eigenvalue weighted by molar-refractivity contribution is -0.929. The van der Waals surface area contributed by atoms with Crippen LogP contribution in [0.2, 0.25) is 0 Å². The standard InChI is InChI=1S/2C16H36N.C15H18NO5P/c2*1-5-9-13-17(14-10-6-2,15-11-7-3)16-12-8-4;1-11(16-21-22(17,18)19)3-4-12-5-6-14-10-15(20-2)8-7-13(14)9-12/h2*5-16H2,1-4H3;5-10H,3-4H2,1-2H3,(H2,17,18,19)/q2*+1;/p-2/b;;16-11+. The van der Waals surface area contributed by atoms with Gasteiger partial charge in [-0.25, -0.2) is 0 Å². The maximum Gasteiger partial charge on any atom is 0.146 e. The molecule has 0 bridgehead atoms. The maximum atomic E-state index is 10.3. The molecule has 0 N–H and O–H groups in total. The molecule has 0 radical (unpaired) electrons. The topological polar surface area (TPSA) is 94.0 Å². The number of ether oxygens (including phenoxy) is 1. The van der Waals surface area contributed by atoms with Gasteiger partial charge in [0.05, 0.1) is 65.2 Å². The molecule has 0 aliphatic rings. The number of methoxy groups -OCH3 is 1. The van der Waals surface area contributed by atoms with Gasteiger partial charge in [-0.3, -0.25) is 0 Å². The molecule has 0 saturated heterocycles. The summed E-state index contributed by atoms with van der Waals surface area (Å²) in [5.41, 5.74) is 1.53. The first-order valence-corrected chi connectivity index (χ1v) is 24.3. The molecule has 2 aromatic carbocycles. The zero-order valence-corrected chi connectivity index (χ0v) is 39.1. The third-order valence-corrected chi connectivity index (χ3v) is 11.4. The normalized spacial score (nSPS) is 12.2. The molecular formula is C47H88N3O5P. The van der Waals surface area contributed by atoms with Crippen molar-refractivity contribution in [2.24, 2.45) is 5.16 Å². The minimum atomic E-state index is -5.05. The molecular weight excluding hydrogens is 718 g/mol. The van der Waals surface area contributed by atoms with Crippen molar-refractivity contribution in [3.8, 4) is 5.75 Å². The second kappa shape index (κ2) is 32.9. The smallest absolute Gasteiger partial charge is 0.146 e. The predicted molar refractivity (Wildman–Crippen MR) is 239 cm³/mol. The summed E-state index contributed by atoms with van der Waals surface area (Å²) in [6.07, 6.45) is 23.3. The van der Waals surface area contributed by atoms with E-state index in [1.54, 1.807) is 14.0 Å². The number of rotatable bonds is 30. The van der Waals surface area contributed by atoms with Gasteiger partial charge < -0.3 is 32.7 Å². The molecule has 0 atom stereocenters. The summed E-state index contributed by atoms with van der Waals surface area (Å²) in [7, 11) is -3.43. The molecule has 0 saturated carbocycles. The molecule has 9 heteroatoms. The Morgan fingerprint density at radius 2 is 0.911 bits per heavy atom. The minimum Gasteiger partial charge on any atom is -0.778 e.